The molecule has 1 aromatic heterocycles. The van der Waals surface area contributed by atoms with Crippen molar-refractivity contribution in [2.45, 2.75) is 0 Å². The van der Waals surface area contributed by atoms with Gasteiger partial charge in [0.25, 0.3) is 0 Å². The summed E-state index contributed by atoms with van der Waals surface area (Å²) >= 11 is 0. The Balaban J connectivity index is 1.94. The molecule has 0 saturated heterocycles. The van der Waals surface area contributed by atoms with Crippen LogP contribution in [0, 0.1) is 0 Å². The third kappa shape index (κ3) is 3.10. The van der Waals surface area contributed by atoms with Crippen LogP contribution in [-0.2, 0) is 0 Å². The van der Waals surface area contributed by atoms with Gasteiger partial charge in [-0.25, -0.2) is 15.0 Å². The molecule has 0 radical (unpaired) electrons. The first-order valence-corrected chi connectivity index (χ1v) is 8.06. The van der Waals surface area contributed by atoms with Crippen molar-refractivity contribution in [1.29, 1.82) is 0 Å². The topological polar surface area (TPSA) is 79.1 Å². The quantitative estimate of drug-likeness (QED) is 0.581. The van der Waals surface area contributed by atoms with E-state index in [-0.39, 0.29) is 11.5 Å². The maximum absolute atomic E-state index is 10.3. The lowest BCUT2D eigenvalue weighted by atomic mass is 9.95. The molecule has 0 aliphatic heterocycles. The van der Waals surface area contributed by atoms with Crippen molar-refractivity contribution in [3.05, 3.63) is 79.4 Å². The molecule has 4 rings (SSSR count). The van der Waals surface area contributed by atoms with Crippen LogP contribution in [0.5, 0.6) is 11.5 Å². The molecule has 0 spiro atoms. The van der Waals surface area contributed by atoms with E-state index in [0.29, 0.717) is 11.4 Å². The van der Waals surface area contributed by atoms with Gasteiger partial charge < -0.3 is 10.2 Å². The largest absolute Gasteiger partial charge is 0.508 e. The highest BCUT2D eigenvalue weighted by atomic mass is 16.3. The second kappa shape index (κ2) is 6.64. The number of phenols is 2. The minimum absolute atomic E-state index is 0.0109. The third-order valence-electron chi connectivity index (χ3n) is 4.08. The SMILES string of the molecule is Oc1ccc(-c2cc(-c3ccccc3)cc(-c3ncncn3)c2)c(O)c1. The maximum Gasteiger partial charge on any atom is 0.162 e. The summed E-state index contributed by atoms with van der Waals surface area (Å²) in [5.41, 5.74) is 4.26. The maximum atomic E-state index is 10.3. The summed E-state index contributed by atoms with van der Waals surface area (Å²) in [6, 6.07) is 20.4. The van der Waals surface area contributed by atoms with Gasteiger partial charge in [-0.3, -0.25) is 0 Å². The molecule has 4 aromatic rings. The molecule has 126 valence electrons. The minimum Gasteiger partial charge on any atom is -0.508 e. The Hall–Kier alpha value is -3.73. The fourth-order valence-electron chi connectivity index (χ4n) is 2.86. The zero-order valence-corrected chi connectivity index (χ0v) is 13.7. The summed E-state index contributed by atoms with van der Waals surface area (Å²) < 4.78 is 0. The van der Waals surface area contributed by atoms with Crippen LogP contribution in [-0.4, -0.2) is 25.2 Å². The van der Waals surface area contributed by atoms with E-state index in [9.17, 15) is 10.2 Å². The zero-order valence-electron chi connectivity index (χ0n) is 13.7. The van der Waals surface area contributed by atoms with Gasteiger partial charge in [0.05, 0.1) is 0 Å². The molecule has 1 heterocycles. The van der Waals surface area contributed by atoms with Crippen LogP contribution < -0.4 is 0 Å². The predicted octanol–water partition coefficient (Wildman–Crippen LogP) is 4.28. The molecule has 0 unspecified atom stereocenters. The van der Waals surface area contributed by atoms with E-state index in [1.54, 1.807) is 12.1 Å². The number of benzene rings is 3. The zero-order chi connectivity index (χ0) is 17.9. The van der Waals surface area contributed by atoms with Gasteiger partial charge in [0.1, 0.15) is 24.2 Å². The van der Waals surface area contributed by atoms with Gasteiger partial charge in [0, 0.05) is 17.2 Å². The van der Waals surface area contributed by atoms with Crippen LogP contribution in [0.25, 0.3) is 33.6 Å². The second-order valence-electron chi connectivity index (χ2n) is 5.83. The number of aromatic nitrogens is 3. The Morgan fingerprint density at radius 2 is 1.31 bits per heavy atom. The first kappa shape index (κ1) is 15.8. The fraction of sp³-hybridized carbons (Fsp3) is 0. The van der Waals surface area contributed by atoms with E-state index in [2.05, 4.69) is 15.0 Å². The van der Waals surface area contributed by atoms with Crippen molar-refractivity contribution in [1.82, 2.24) is 15.0 Å². The summed E-state index contributed by atoms with van der Waals surface area (Å²) in [4.78, 5) is 12.3. The highest BCUT2D eigenvalue weighted by molar-refractivity contribution is 5.81. The van der Waals surface area contributed by atoms with Crippen molar-refractivity contribution in [2.24, 2.45) is 0 Å². The fourth-order valence-corrected chi connectivity index (χ4v) is 2.86. The molecule has 5 nitrogen and oxygen atoms in total. The van der Waals surface area contributed by atoms with Crippen molar-refractivity contribution >= 4 is 0 Å². The van der Waals surface area contributed by atoms with Crippen LogP contribution in [0.15, 0.2) is 79.4 Å². The van der Waals surface area contributed by atoms with Crippen molar-refractivity contribution in [3.63, 3.8) is 0 Å². The van der Waals surface area contributed by atoms with E-state index in [4.69, 9.17) is 0 Å². The summed E-state index contributed by atoms with van der Waals surface area (Å²) in [6.45, 7) is 0. The Kier molecular flexibility index (Phi) is 4.03. The van der Waals surface area contributed by atoms with Gasteiger partial charge in [-0.2, -0.15) is 0 Å². The number of hydrogen-bond donors (Lipinski definition) is 2. The Morgan fingerprint density at radius 3 is 2.04 bits per heavy atom. The molecule has 0 atom stereocenters. The molecule has 0 amide bonds. The third-order valence-corrected chi connectivity index (χ3v) is 4.08. The van der Waals surface area contributed by atoms with E-state index in [1.165, 1.54) is 18.7 Å². The smallest absolute Gasteiger partial charge is 0.162 e. The summed E-state index contributed by atoms with van der Waals surface area (Å²) in [5.74, 6) is 0.581. The van der Waals surface area contributed by atoms with Gasteiger partial charge in [-0.05, 0) is 47.0 Å². The van der Waals surface area contributed by atoms with Gasteiger partial charge in [0.2, 0.25) is 0 Å². The molecule has 0 aliphatic carbocycles. The summed E-state index contributed by atoms with van der Waals surface area (Å²) in [5, 5.41) is 19.8. The molecule has 5 heteroatoms. The van der Waals surface area contributed by atoms with Gasteiger partial charge in [-0.1, -0.05) is 30.3 Å². The number of rotatable bonds is 3. The average Bonchev–Trinajstić information content (AvgIpc) is 2.69. The molecule has 2 N–H and O–H groups in total. The molecule has 26 heavy (non-hydrogen) atoms. The van der Waals surface area contributed by atoms with Crippen LogP contribution >= 0.6 is 0 Å². The van der Waals surface area contributed by atoms with E-state index >= 15 is 0 Å². The number of phenolic OH excluding ortho intramolecular Hbond substituents is 2. The number of nitrogens with zero attached hydrogens (tertiary/aromatic N) is 3. The van der Waals surface area contributed by atoms with Crippen molar-refractivity contribution < 1.29 is 10.2 Å². The molecule has 3 aromatic carbocycles. The normalized spacial score (nSPS) is 10.6. The Labute approximate surface area is 150 Å². The lowest BCUT2D eigenvalue weighted by Crippen LogP contribution is -1.91. The Morgan fingerprint density at radius 1 is 0.615 bits per heavy atom. The van der Waals surface area contributed by atoms with Crippen molar-refractivity contribution in [3.8, 4) is 45.1 Å². The monoisotopic (exact) mass is 341 g/mol. The predicted molar refractivity (Wildman–Crippen MR) is 99.5 cm³/mol. The average molecular weight is 341 g/mol. The van der Waals surface area contributed by atoms with Crippen molar-refractivity contribution in [2.75, 3.05) is 0 Å². The van der Waals surface area contributed by atoms with Gasteiger partial charge in [0.15, 0.2) is 5.82 Å². The number of aromatic hydroxyl groups is 2. The van der Waals surface area contributed by atoms with E-state index < -0.39 is 0 Å². The lowest BCUT2D eigenvalue weighted by Gasteiger charge is -2.11. The Bertz CT molecular complexity index is 994. The molecule has 0 saturated carbocycles. The molecule has 0 bridgehead atoms. The molecular formula is C21H15N3O2. The molecule has 0 fully saturated rings. The minimum atomic E-state index is 0.0109. The van der Waals surface area contributed by atoms with Crippen LogP contribution in [0.1, 0.15) is 0 Å². The first-order chi connectivity index (χ1) is 12.7. The second-order valence-corrected chi connectivity index (χ2v) is 5.83. The number of hydrogen-bond acceptors (Lipinski definition) is 5. The van der Waals surface area contributed by atoms with Crippen LogP contribution in [0.3, 0.4) is 0 Å². The molecule has 0 aliphatic rings. The van der Waals surface area contributed by atoms with E-state index in [1.807, 2.05) is 48.5 Å². The lowest BCUT2D eigenvalue weighted by molar-refractivity contribution is 0.452. The van der Waals surface area contributed by atoms with E-state index in [0.717, 1.165) is 22.3 Å². The standard InChI is InChI=1S/C21H15N3O2/c25-18-6-7-19(20(26)11-18)16-8-15(14-4-2-1-3-5-14)9-17(10-16)21-23-12-22-13-24-21/h1-13,25-26H. The summed E-state index contributed by atoms with van der Waals surface area (Å²) in [6.07, 6.45) is 2.91. The van der Waals surface area contributed by atoms with Crippen LogP contribution in [0.2, 0.25) is 0 Å². The summed E-state index contributed by atoms with van der Waals surface area (Å²) in [7, 11) is 0. The molecular weight excluding hydrogens is 326 g/mol. The highest BCUT2D eigenvalue weighted by Gasteiger charge is 2.11. The first-order valence-electron chi connectivity index (χ1n) is 8.06. The highest BCUT2D eigenvalue weighted by Crippen LogP contribution is 2.36. The van der Waals surface area contributed by atoms with Crippen LogP contribution in [0.4, 0.5) is 0 Å². The van der Waals surface area contributed by atoms with Gasteiger partial charge in [-0.15, -0.1) is 0 Å². The van der Waals surface area contributed by atoms with Gasteiger partial charge >= 0.3 is 0 Å².